The minimum absolute atomic E-state index is 0. The fraction of sp³-hybridized carbons (Fsp3) is 0.579. The number of rotatable bonds is 3. The van der Waals surface area contributed by atoms with Gasteiger partial charge in [-0.3, -0.25) is 9.79 Å². The quantitative estimate of drug-likeness (QED) is 0.418. The molecule has 4 rings (SSSR count). The molecule has 1 aromatic carbocycles. The summed E-state index contributed by atoms with van der Waals surface area (Å²) in [6, 6.07) is 8.75. The van der Waals surface area contributed by atoms with Crippen LogP contribution in [0.25, 0.3) is 0 Å². The third kappa shape index (κ3) is 4.07. The van der Waals surface area contributed by atoms with E-state index in [0.29, 0.717) is 18.5 Å². The molecule has 2 heterocycles. The van der Waals surface area contributed by atoms with Crippen molar-refractivity contribution in [3.63, 3.8) is 0 Å². The van der Waals surface area contributed by atoms with Crippen LogP contribution >= 0.6 is 24.0 Å². The van der Waals surface area contributed by atoms with E-state index >= 15 is 0 Å². The number of nitrogens with one attached hydrogen (secondary N) is 1. The van der Waals surface area contributed by atoms with E-state index in [2.05, 4.69) is 27.3 Å². The number of piperazine rings is 1. The van der Waals surface area contributed by atoms with Crippen molar-refractivity contribution >= 4 is 35.8 Å². The first-order chi connectivity index (χ1) is 12.3. The van der Waals surface area contributed by atoms with E-state index in [4.69, 9.17) is 4.74 Å². The van der Waals surface area contributed by atoms with Crippen LogP contribution in [0.4, 0.5) is 0 Å². The Bertz CT molecular complexity index is 677. The highest BCUT2D eigenvalue weighted by atomic mass is 127. The van der Waals surface area contributed by atoms with Gasteiger partial charge in [0.15, 0.2) is 5.96 Å². The fourth-order valence-electron chi connectivity index (χ4n) is 3.81. The van der Waals surface area contributed by atoms with Crippen LogP contribution in [0.15, 0.2) is 29.3 Å². The van der Waals surface area contributed by atoms with Gasteiger partial charge in [-0.1, -0.05) is 18.2 Å². The second-order valence-corrected chi connectivity index (χ2v) is 7.04. The minimum Gasteiger partial charge on any atom is -0.493 e. The summed E-state index contributed by atoms with van der Waals surface area (Å²) in [5, 5.41) is 3.48. The zero-order valence-electron chi connectivity index (χ0n) is 15.2. The number of hydrogen-bond acceptors (Lipinski definition) is 3. The molecule has 1 saturated carbocycles. The van der Waals surface area contributed by atoms with Gasteiger partial charge in [-0.25, -0.2) is 0 Å². The largest absolute Gasteiger partial charge is 0.493 e. The smallest absolute Gasteiger partial charge is 0.242 e. The first-order valence-electron chi connectivity index (χ1n) is 9.23. The van der Waals surface area contributed by atoms with E-state index in [1.165, 1.54) is 18.4 Å². The van der Waals surface area contributed by atoms with Crippen molar-refractivity contribution in [2.45, 2.75) is 31.2 Å². The number of nitrogens with zero attached hydrogens (tertiary/aromatic N) is 3. The molecular weight excluding hydrogens is 443 g/mol. The van der Waals surface area contributed by atoms with Crippen LogP contribution in [-0.2, 0) is 4.79 Å². The highest BCUT2D eigenvalue weighted by molar-refractivity contribution is 14.0. The Labute approximate surface area is 172 Å². The molecule has 2 aliphatic heterocycles. The van der Waals surface area contributed by atoms with Crippen LogP contribution < -0.4 is 10.1 Å². The predicted octanol–water partition coefficient (Wildman–Crippen LogP) is 2.05. The molecule has 26 heavy (non-hydrogen) atoms. The molecule has 0 aromatic heterocycles. The van der Waals surface area contributed by atoms with Crippen LogP contribution in [0, 0.1) is 0 Å². The summed E-state index contributed by atoms with van der Waals surface area (Å²) in [7, 11) is 1.79. The lowest BCUT2D eigenvalue weighted by molar-refractivity contribution is -0.135. The summed E-state index contributed by atoms with van der Waals surface area (Å²) in [5.41, 5.74) is 1.26. The van der Waals surface area contributed by atoms with Crippen LogP contribution in [0.3, 0.4) is 0 Å². The second-order valence-electron chi connectivity index (χ2n) is 7.04. The Morgan fingerprint density at radius 3 is 2.81 bits per heavy atom. The molecule has 7 heteroatoms. The van der Waals surface area contributed by atoms with Gasteiger partial charge in [0, 0.05) is 38.6 Å². The topological polar surface area (TPSA) is 57.2 Å². The molecule has 3 aliphatic rings. The van der Waals surface area contributed by atoms with Crippen molar-refractivity contribution in [2.24, 2.45) is 4.99 Å². The summed E-state index contributed by atoms with van der Waals surface area (Å²) >= 11 is 0. The van der Waals surface area contributed by atoms with Gasteiger partial charge in [-0.15, -0.1) is 24.0 Å². The summed E-state index contributed by atoms with van der Waals surface area (Å²) < 4.78 is 5.74. The van der Waals surface area contributed by atoms with Crippen LogP contribution in [0.2, 0.25) is 0 Å². The summed E-state index contributed by atoms with van der Waals surface area (Å²) in [5.74, 6) is 2.45. The van der Waals surface area contributed by atoms with Gasteiger partial charge < -0.3 is 19.9 Å². The standard InChI is InChI=1S/C19H26N4O2.HI/c1-20-19(22-9-10-23(15-6-7-15)18(24)13-22)21-12-14-8-11-25-17-5-3-2-4-16(14)17;/h2-5,14-15H,6-13H2,1H3,(H,20,21);1H. The van der Waals surface area contributed by atoms with Gasteiger partial charge in [-0.05, 0) is 30.9 Å². The van der Waals surface area contributed by atoms with Gasteiger partial charge in [0.2, 0.25) is 5.91 Å². The number of ether oxygens (including phenoxy) is 1. The predicted molar refractivity (Wildman–Crippen MR) is 112 cm³/mol. The highest BCUT2D eigenvalue weighted by Crippen LogP contribution is 2.33. The van der Waals surface area contributed by atoms with Gasteiger partial charge in [0.25, 0.3) is 0 Å². The average molecular weight is 470 g/mol. The van der Waals surface area contributed by atoms with E-state index < -0.39 is 0 Å². The summed E-state index contributed by atoms with van der Waals surface area (Å²) in [6.07, 6.45) is 3.33. The Balaban J connectivity index is 0.00000196. The molecule has 1 saturated heterocycles. The Hall–Kier alpha value is -1.51. The third-order valence-electron chi connectivity index (χ3n) is 5.35. The first-order valence-corrected chi connectivity index (χ1v) is 9.23. The molecule has 1 atom stereocenters. The number of carbonyl (C=O) groups excluding carboxylic acids is 1. The van der Waals surface area contributed by atoms with Crippen molar-refractivity contribution in [1.82, 2.24) is 15.1 Å². The SMILES string of the molecule is CN=C(NCC1CCOc2ccccc21)N1CCN(C2CC2)C(=O)C1.I. The second kappa shape index (κ2) is 8.45. The van der Waals surface area contributed by atoms with Crippen molar-refractivity contribution in [3.8, 4) is 5.75 Å². The van der Waals surface area contributed by atoms with Gasteiger partial charge in [-0.2, -0.15) is 0 Å². The molecule has 0 bridgehead atoms. The fourth-order valence-corrected chi connectivity index (χ4v) is 3.81. The summed E-state index contributed by atoms with van der Waals surface area (Å²) in [6.45, 7) is 3.65. The lowest BCUT2D eigenvalue weighted by Crippen LogP contribution is -2.56. The zero-order chi connectivity index (χ0) is 17.2. The van der Waals surface area contributed by atoms with E-state index in [1.807, 2.05) is 17.0 Å². The van der Waals surface area contributed by atoms with E-state index in [0.717, 1.165) is 44.4 Å². The van der Waals surface area contributed by atoms with E-state index in [1.54, 1.807) is 7.05 Å². The number of aliphatic imine (C=N–C) groups is 1. The highest BCUT2D eigenvalue weighted by Gasteiger charge is 2.36. The van der Waals surface area contributed by atoms with Crippen LogP contribution in [-0.4, -0.2) is 67.5 Å². The Kier molecular flexibility index (Phi) is 6.26. The maximum absolute atomic E-state index is 12.4. The minimum atomic E-state index is 0. The first kappa shape index (κ1) is 19.3. The number of benzene rings is 1. The van der Waals surface area contributed by atoms with Gasteiger partial charge in [0.05, 0.1) is 13.2 Å². The number of guanidine groups is 1. The zero-order valence-corrected chi connectivity index (χ0v) is 17.5. The molecule has 1 aliphatic carbocycles. The molecule has 1 N–H and O–H groups in total. The molecule has 2 fully saturated rings. The molecule has 0 spiro atoms. The monoisotopic (exact) mass is 470 g/mol. The van der Waals surface area contributed by atoms with Crippen LogP contribution in [0.5, 0.6) is 5.75 Å². The molecule has 6 nitrogen and oxygen atoms in total. The van der Waals surface area contributed by atoms with Gasteiger partial charge >= 0.3 is 0 Å². The van der Waals surface area contributed by atoms with Gasteiger partial charge in [0.1, 0.15) is 5.75 Å². The van der Waals surface area contributed by atoms with Crippen molar-refractivity contribution in [2.75, 3.05) is 39.8 Å². The maximum atomic E-state index is 12.4. The molecule has 1 aromatic rings. The lowest BCUT2D eigenvalue weighted by Gasteiger charge is -2.36. The molecule has 0 radical (unpaired) electrons. The summed E-state index contributed by atoms with van der Waals surface area (Å²) in [4.78, 5) is 20.9. The maximum Gasteiger partial charge on any atom is 0.242 e. The third-order valence-corrected chi connectivity index (χ3v) is 5.35. The molecule has 1 amide bonds. The van der Waals surface area contributed by atoms with E-state index in [-0.39, 0.29) is 29.9 Å². The number of carbonyl (C=O) groups is 1. The Morgan fingerprint density at radius 1 is 1.27 bits per heavy atom. The normalized spacial score (nSPS) is 23.0. The number of para-hydroxylation sites is 1. The number of hydrogen-bond donors (Lipinski definition) is 1. The van der Waals surface area contributed by atoms with Crippen LogP contribution in [0.1, 0.15) is 30.7 Å². The number of fused-ring (bicyclic) bond motifs is 1. The average Bonchev–Trinajstić information content (AvgIpc) is 3.47. The number of halogens is 1. The number of amides is 1. The van der Waals surface area contributed by atoms with E-state index in [9.17, 15) is 4.79 Å². The molecular formula is C19H27IN4O2. The Morgan fingerprint density at radius 2 is 2.08 bits per heavy atom. The molecule has 142 valence electrons. The van der Waals surface area contributed by atoms with Crippen molar-refractivity contribution in [1.29, 1.82) is 0 Å². The van der Waals surface area contributed by atoms with Crippen molar-refractivity contribution < 1.29 is 9.53 Å². The molecule has 1 unspecified atom stereocenters. The van der Waals surface area contributed by atoms with Crippen molar-refractivity contribution in [3.05, 3.63) is 29.8 Å². The lowest BCUT2D eigenvalue weighted by atomic mass is 9.93.